The fourth-order valence-corrected chi connectivity index (χ4v) is 4.33. The summed E-state index contributed by atoms with van der Waals surface area (Å²) in [5.74, 6) is 0. The van der Waals surface area contributed by atoms with Crippen molar-refractivity contribution in [3.63, 3.8) is 0 Å². The van der Waals surface area contributed by atoms with Gasteiger partial charge in [0.25, 0.3) is 0 Å². The summed E-state index contributed by atoms with van der Waals surface area (Å²) in [7, 11) is 1.13. The van der Waals surface area contributed by atoms with Crippen molar-refractivity contribution in [2.24, 2.45) is 7.05 Å². The zero-order valence-corrected chi connectivity index (χ0v) is 11.4. The lowest BCUT2D eigenvalue weighted by Gasteiger charge is -2.21. The van der Waals surface area contributed by atoms with Crippen molar-refractivity contribution in [2.45, 2.75) is 23.0 Å². The number of para-hydroxylation sites is 1. The maximum absolute atomic E-state index is 12.7. The molecule has 0 radical (unpaired) electrons. The molecule has 1 aliphatic heterocycles. The summed E-state index contributed by atoms with van der Waals surface area (Å²) < 4.78 is 14.8. The SMILES string of the molecule is Cn1cc(S(=O)C2CCNCC2)c2ccccc21. The fraction of sp³-hybridized carbons (Fsp3) is 0.429. The molecule has 1 atom stereocenters. The number of aryl methyl sites for hydroxylation is 1. The van der Waals surface area contributed by atoms with Crippen molar-refractivity contribution in [3.8, 4) is 0 Å². The Labute approximate surface area is 110 Å². The van der Waals surface area contributed by atoms with Crippen LogP contribution in [0.25, 0.3) is 10.9 Å². The second kappa shape index (κ2) is 4.86. The monoisotopic (exact) mass is 262 g/mol. The van der Waals surface area contributed by atoms with Crippen LogP contribution in [-0.2, 0) is 17.8 Å². The van der Waals surface area contributed by atoms with E-state index in [2.05, 4.69) is 22.0 Å². The number of nitrogens with one attached hydrogen (secondary N) is 1. The molecule has 3 rings (SSSR count). The molecular formula is C14H18N2OS. The van der Waals surface area contributed by atoms with Gasteiger partial charge in [-0.15, -0.1) is 0 Å². The highest BCUT2D eigenvalue weighted by molar-refractivity contribution is 7.86. The number of hydrogen-bond donors (Lipinski definition) is 1. The first kappa shape index (κ1) is 11.9. The van der Waals surface area contributed by atoms with Gasteiger partial charge >= 0.3 is 0 Å². The molecule has 2 heterocycles. The van der Waals surface area contributed by atoms with E-state index >= 15 is 0 Å². The van der Waals surface area contributed by atoms with Crippen LogP contribution >= 0.6 is 0 Å². The quantitative estimate of drug-likeness (QED) is 0.898. The van der Waals surface area contributed by atoms with E-state index in [-0.39, 0.29) is 0 Å². The van der Waals surface area contributed by atoms with E-state index in [1.165, 1.54) is 0 Å². The molecule has 0 aliphatic carbocycles. The molecular weight excluding hydrogens is 244 g/mol. The van der Waals surface area contributed by atoms with E-state index < -0.39 is 10.8 Å². The zero-order valence-electron chi connectivity index (χ0n) is 10.6. The van der Waals surface area contributed by atoms with Crippen LogP contribution in [0.1, 0.15) is 12.8 Å². The summed E-state index contributed by atoms with van der Waals surface area (Å²) in [6.45, 7) is 1.97. The van der Waals surface area contributed by atoms with Crippen molar-refractivity contribution in [1.29, 1.82) is 0 Å². The Kier molecular flexibility index (Phi) is 3.22. The highest BCUT2D eigenvalue weighted by Crippen LogP contribution is 2.27. The summed E-state index contributed by atoms with van der Waals surface area (Å²) in [6, 6.07) is 8.20. The summed E-state index contributed by atoms with van der Waals surface area (Å²) in [5, 5.41) is 4.76. The van der Waals surface area contributed by atoms with Gasteiger partial charge in [0.1, 0.15) is 0 Å². The summed E-state index contributed by atoms with van der Waals surface area (Å²) in [5.41, 5.74) is 1.16. The van der Waals surface area contributed by atoms with Gasteiger partial charge in [0.15, 0.2) is 0 Å². The Bertz CT molecular complexity index is 584. The molecule has 96 valence electrons. The molecule has 1 aliphatic rings. The lowest BCUT2D eigenvalue weighted by molar-refractivity contribution is 0.519. The number of aromatic nitrogens is 1. The average molecular weight is 262 g/mol. The third kappa shape index (κ3) is 1.99. The Hall–Kier alpha value is -1.13. The fourth-order valence-electron chi connectivity index (χ4n) is 2.65. The summed E-state index contributed by atoms with van der Waals surface area (Å²) >= 11 is 0. The van der Waals surface area contributed by atoms with Crippen LogP contribution in [0.4, 0.5) is 0 Å². The van der Waals surface area contributed by atoms with E-state index in [4.69, 9.17) is 0 Å². The average Bonchev–Trinajstić information content (AvgIpc) is 2.77. The van der Waals surface area contributed by atoms with E-state index in [1.807, 2.05) is 25.4 Å². The number of hydrogen-bond acceptors (Lipinski definition) is 2. The van der Waals surface area contributed by atoms with E-state index in [0.29, 0.717) is 5.25 Å². The van der Waals surface area contributed by atoms with Gasteiger partial charge in [-0.1, -0.05) is 18.2 Å². The first-order chi connectivity index (χ1) is 8.77. The van der Waals surface area contributed by atoms with E-state index in [0.717, 1.165) is 41.7 Å². The number of benzene rings is 1. The summed E-state index contributed by atoms with van der Waals surface area (Å²) in [4.78, 5) is 1.00. The zero-order chi connectivity index (χ0) is 12.5. The van der Waals surface area contributed by atoms with Crippen LogP contribution in [0, 0.1) is 0 Å². The Morgan fingerprint density at radius 3 is 2.78 bits per heavy atom. The molecule has 2 aromatic rings. The molecule has 1 unspecified atom stereocenters. The molecule has 1 aromatic carbocycles. The molecule has 3 nitrogen and oxygen atoms in total. The molecule has 18 heavy (non-hydrogen) atoms. The van der Waals surface area contributed by atoms with Crippen LogP contribution in [0.5, 0.6) is 0 Å². The highest BCUT2D eigenvalue weighted by atomic mass is 32.2. The molecule has 1 fully saturated rings. The maximum Gasteiger partial charge on any atom is 0.0646 e. The van der Waals surface area contributed by atoms with E-state index in [1.54, 1.807) is 0 Å². The first-order valence-corrected chi connectivity index (χ1v) is 7.64. The van der Waals surface area contributed by atoms with Crippen LogP contribution in [0.2, 0.25) is 0 Å². The third-order valence-electron chi connectivity index (χ3n) is 3.67. The first-order valence-electron chi connectivity index (χ1n) is 6.43. The van der Waals surface area contributed by atoms with Gasteiger partial charge in [-0.25, -0.2) is 0 Å². The third-order valence-corrected chi connectivity index (χ3v) is 5.50. The maximum atomic E-state index is 12.7. The Balaban J connectivity index is 2.00. The number of nitrogens with zero attached hydrogens (tertiary/aromatic N) is 1. The number of fused-ring (bicyclic) bond motifs is 1. The van der Waals surface area contributed by atoms with Crippen molar-refractivity contribution in [1.82, 2.24) is 9.88 Å². The van der Waals surface area contributed by atoms with Gasteiger partial charge in [-0.2, -0.15) is 0 Å². The van der Waals surface area contributed by atoms with Gasteiger partial charge in [-0.3, -0.25) is 4.21 Å². The summed E-state index contributed by atoms with van der Waals surface area (Å²) in [6.07, 6.45) is 4.05. The standard InChI is InChI=1S/C14H18N2OS/c1-16-10-14(12-4-2-3-5-13(12)16)18(17)11-6-8-15-9-7-11/h2-5,10-11,15H,6-9H2,1H3. The molecule has 0 amide bonds. The van der Waals surface area contributed by atoms with Crippen LogP contribution in [-0.4, -0.2) is 27.1 Å². The smallest absolute Gasteiger partial charge is 0.0646 e. The highest BCUT2D eigenvalue weighted by Gasteiger charge is 2.23. The minimum absolute atomic E-state index is 0.303. The molecule has 0 saturated carbocycles. The van der Waals surface area contributed by atoms with E-state index in [9.17, 15) is 4.21 Å². The van der Waals surface area contributed by atoms with Gasteiger partial charge in [0, 0.05) is 29.4 Å². The Morgan fingerprint density at radius 2 is 2.00 bits per heavy atom. The van der Waals surface area contributed by atoms with Crippen molar-refractivity contribution < 1.29 is 4.21 Å². The van der Waals surface area contributed by atoms with Gasteiger partial charge in [0.2, 0.25) is 0 Å². The topological polar surface area (TPSA) is 34.0 Å². The van der Waals surface area contributed by atoms with Crippen molar-refractivity contribution in [2.75, 3.05) is 13.1 Å². The van der Waals surface area contributed by atoms with Gasteiger partial charge in [-0.05, 0) is 32.0 Å². The van der Waals surface area contributed by atoms with Crippen molar-refractivity contribution >= 4 is 21.7 Å². The minimum atomic E-state index is -0.884. The molecule has 1 N–H and O–H groups in total. The van der Waals surface area contributed by atoms with Crippen LogP contribution < -0.4 is 5.32 Å². The number of rotatable bonds is 2. The lowest BCUT2D eigenvalue weighted by Crippen LogP contribution is -2.33. The predicted molar refractivity (Wildman–Crippen MR) is 75.2 cm³/mol. The number of piperidine rings is 1. The largest absolute Gasteiger partial charge is 0.349 e. The lowest BCUT2D eigenvalue weighted by atomic mass is 10.2. The van der Waals surface area contributed by atoms with Gasteiger partial charge in [0.05, 0.1) is 15.7 Å². The normalized spacial score (nSPS) is 19.2. The predicted octanol–water partition coefficient (Wildman–Crippen LogP) is 2.04. The molecule has 1 saturated heterocycles. The second-order valence-corrected chi connectivity index (χ2v) is 6.57. The molecule has 1 aromatic heterocycles. The minimum Gasteiger partial charge on any atom is -0.349 e. The molecule has 4 heteroatoms. The molecule has 0 spiro atoms. The van der Waals surface area contributed by atoms with Gasteiger partial charge < -0.3 is 9.88 Å². The molecule has 0 bridgehead atoms. The van der Waals surface area contributed by atoms with Crippen LogP contribution in [0.3, 0.4) is 0 Å². The van der Waals surface area contributed by atoms with Crippen LogP contribution in [0.15, 0.2) is 35.4 Å². The Morgan fingerprint density at radius 1 is 1.28 bits per heavy atom. The van der Waals surface area contributed by atoms with Crippen molar-refractivity contribution in [3.05, 3.63) is 30.5 Å². The second-order valence-electron chi connectivity index (χ2n) is 4.87.